The average Bonchev–Trinajstić information content (AvgIpc) is 3.26. The van der Waals surface area contributed by atoms with Crippen LogP contribution in [0.3, 0.4) is 0 Å². The Bertz CT molecular complexity index is 704. The van der Waals surface area contributed by atoms with E-state index in [1.807, 2.05) is 0 Å². The maximum absolute atomic E-state index is 11.2. The fraction of sp³-hybridized carbons (Fsp3) is 0.667. The summed E-state index contributed by atoms with van der Waals surface area (Å²) in [6, 6.07) is 6.89. The summed E-state index contributed by atoms with van der Waals surface area (Å²) in [5.41, 5.74) is 4.69. The number of Topliss-reactive ketones (excluding diaryl/α,β-unsaturated/α-hetero) is 1. The minimum Gasteiger partial charge on any atom is -0.369 e. The van der Waals surface area contributed by atoms with Crippen LogP contribution >= 0.6 is 0 Å². The monoisotopic (exact) mass is 397 g/mol. The fourth-order valence-corrected chi connectivity index (χ4v) is 5.30. The van der Waals surface area contributed by atoms with Crippen LogP contribution in [0.2, 0.25) is 0 Å². The van der Waals surface area contributed by atoms with Gasteiger partial charge in [0.2, 0.25) is 0 Å². The van der Waals surface area contributed by atoms with E-state index in [2.05, 4.69) is 32.9 Å². The van der Waals surface area contributed by atoms with Crippen LogP contribution in [0.25, 0.3) is 0 Å². The van der Waals surface area contributed by atoms with Crippen molar-refractivity contribution >= 4 is 17.8 Å². The van der Waals surface area contributed by atoms with Crippen LogP contribution in [-0.4, -0.2) is 74.2 Å². The summed E-state index contributed by atoms with van der Waals surface area (Å²) in [6.07, 6.45) is 8.42. The van der Waals surface area contributed by atoms with Crippen molar-refractivity contribution in [2.24, 2.45) is 5.92 Å². The van der Waals surface area contributed by atoms with Gasteiger partial charge in [0, 0.05) is 44.8 Å². The molecule has 0 amide bonds. The number of hydrogen-bond acceptors (Lipinski definition) is 5. The molecule has 0 saturated carbocycles. The van der Waals surface area contributed by atoms with Crippen molar-refractivity contribution in [3.63, 3.8) is 0 Å². The Morgan fingerprint density at radius 1 is 0.966 bits per heavy atom. The molecule has 0 bridgehead atoms. The molecule has 158 valence electrons. The number of benzene rings is 1. The molecule has 0 aromatic heterocycles. The maximum Gasteiger partial charge on any atom is 0.196 e. The van der Waals surface area contributed by atoms with Gasteiger partial charge in [0.1, 0.15) is 0 Å². The van der Waals surface area contributed by atoms with Crippen molar-refractivity contribution in [2.45, 2.75) is 44.9 Å². The smallest absolute Gasteiger partial charge is 0.196 e. The molecule has 2 fully saturated rings. The Hall–Kier alpha value is -1.72. The van der Waals surface area contributed by atoms with E-state index in [9.17, 15) is 9.59 Å². The lowest BCUT2D eigenvalue weighted by molar-refractivity contribution is -0.130. The number of fused-ring (bicyclic) bond motifs is 1. The van der Waals surface area contributed by atoms with Crippen molar-refractivity contribution in [3.05, 3.63) is 29.3 Å². The largest absolute Gasteiger partial charge is 0.369 e. The normalized spacial score (nSPS) is 21.3. The summed E-state index contributed by atoms with van der Waals surface area (Å²) < 4.78 is 0. The number of ketones is 1. The Kier molecular flexibility index (Phi) is 6.98. The molecular weight excluding hydrogens is 362 g/mol. The minimum atomic E-state index is -0.272. The maximum atomic E-state index is 11.2. The highest BCUT2D eigenvalue weighted by Crippen LogP contribution is 2.32. The highest BCUT2D eigenvalue weighted by molar-refractivity contribution is 6.24. The SMILES string of the molecule is O=CC(=O)CCN1CCC(CCN2CCN(c3cccc4c3CCC4)CC2)CC1. The van der Waals surface area contributed by atoms with E-state index in [0.717, 1.165) is 38.6 Å². The summed E-state index contributed by atoms with van der Waals surface area (Å²) in [4.78, 5) is 29.2. The minimum absolute atomic E-state index is 0.272. The van der Waals surface area contributed by atoms with Gasteiger partial charge in [-0.3, -0.25) is 14.5 Å². The van der Waals surface area contributed by atoms with Gasteiger partial charge in [-0.05, 0) is 81.3 Å². The van der Waals surface area contributed by atoms with Crippen LogP contribution in [0, 0.1) is 5.92 Å². The van der Waals surface area contributed by atoms with Gasteiger partial charge in [-0.1, -0.05) is 12.1 Å². The number of hydrogen-bond donors (Lipinski definition) is 0. The summed E-state index contributed by atoms with van der Waals surface area (Å²) in [6.45, 7) is 8.77. The van der Waals surface area contributed by atoms with E-state index in [1.54, 1.807) is 11.1 Å². The summed E-state index contributed by atoms with van der Waals surface area (Å²) in [5.74, 6) is 0.537. The first-order valence-electron chi connectivity index (χ1n) is 11.5. The van der Waals surface area contributed by atoms with E-state index < -0.39 is 0 Å². The molecule has 0 unspecified atom stereocenters. The molecule has 1 aliphatic carbocycles. The lowest BCUT2D eigenvalue weighted by Gasteiger charge is -2.38. The third-order valence-electron chi connectivity index (χ3n) is 7.20. The van der Waals surface area contributed by atoms with E-state index in [1.165, 1.54) is 63.8 Å². The lowest BCUT2D eigenvalue weighted by Crippen LogP contribution is -2.47. The molecule has 5 nitrogen and oxygen atoms in total. The second-order valence-electron chi connectivity index (χ2n) is 9.00. The molecule has 2 saturated heterocycles. The topological polar surface area (TPSA) is 43.9 Å². The van der Waals surface area contributed by atoms with E-state index in [4.69, 9.17) is 0 Å². The highest BCUT2D eigenvalue weighted by atomic mass is 16.2. The number of aryl methyl sites for hydroxylation is 1. The first-order chi connectivity index (χ1) is 14.2. The van der Waals surface area contributed by atoms with E-state index in [0.29, 0.717) is 12.7 Å². The molecule has 0 spiro atoms. The lowest BCUT2D eigenvalue weighted by atomic mass is 9.93. The van der Waals surface area contributed by atoms with Gasteiger partial charge in [0.05, 0.1) is 0 Å². The number of piperazine rings is 1. The predicted molar refractivity (Wildman–Crippen MR) is 117 cm³/mol. The van der Waals surface area contributed by atoms with Gasteiger partial charge in [-0.15, -0.1) is 0 Å². The molecule has 29 heavy (non-hydrogen) atoms. The van der Waals surface area contributed by atoms with Crippen molar-refractivity contribution in [2.75, 3.05) is 57.3 Å². The molecule has 5 heteroatoms. The molecule has 2 aliphatic heterocycles. The molecule has 2 heterocycles. The molecular formula is C24H35N3O2. The molecule has 0 radical (unpaired) electrons. The van der Waals surface area contributed by atoms with Crippen molar-refractivity contribution in [1.29, 1.82) is 0 Å². The van der Waals surface area contributed by atoms with Gasteiger partial charge in [-0.2, -0.15) is 0 Å². The van der Waals surface area contributed by atoms with Crippen LogP contribution in [0.5, 0.6) is 0 Å². The van der Waals surface area contributed by atoms with Crippen molar-refractivity contribution in [1.82, 2.24) is 9.80 Å². The number of aldehydes is 1. The number of carbonyl (C=O) groups is 2. The van der Waals surface area contributed by atoms with Crippen LogP contribution < -0.4 is 4.90 Å². The van der Waals surface area contributed by atoms with Gasteiger partial charge in [0.25, 0.3) is 0 Å². The summed E-state index contributed by atoms with van der Waals surface area (Å²) >= 11 is 0. The Labute approximate surface area is 175 Å². The van der Waals surface area contributed by atoms with Crippen molar-refractivity contribution < 1.29 is 9.59 Å². The molecule has 0 atom stereocenters. The Balaban J connectivity index is 1.16. The van der Waals surface area contributed by atoms with Crippen LogP contribution in [0.4, 0.5) is 5.69 Å². The molecule has 3 aliphatic rings. The zero-order valence-electron chi connectivity index (χ0n) is 17.7. The van der Waals surface area contributed by atoms with E-state index in [-0.39, 0.29) is 5.78 Å². The van der Waals surface area contributed by atoms with Crippen LogP contribution in [-0.2, 0) is 22.4 Å². The zero-order chi connectivity index (χ0) is 20.1. The van der Waals surface area contributed by atoms with Gasteiger partial charge < -0.3 is 9.80 Å². The third-order valence-corrected chi connectivity index (χ3v) is 7.20. The van der Waals surface area contributed by atoms with Crippen LogP contribution in [0.1, 0.15) is 43.2 Å². The quantitative estimate of drug-likeness (QED) is 0.498. The molecule has 1 aromatic rings. The second-order valence-corrected chi connectivity index (χ2v) is 9.00. The Morgan fingerprint density at radius 3 is 2.48 bits per heavy atom. The van der Waals surface area contributed by atoms with Crippen LogP contribution in [0.15, 0.2) is 18.2 Å². The average molecular weight is 398 g/mol. The van der Waals surface area contributed by atoms with E-state index >= 15 is 0 Å². The first kappa shape index (κ1) is 20.5. The molecule has 4 rings (SSSR count). The van der Waals surface area contributed by atoms with Gasteiger partial charge in [-0.25, -0.2) is 0 Å². The summed E-state index contributed by atoms with van der Waals surface area (Å²) in [7, 11) is 0. The number of anilines is 1. The number of nitrogens with zero attached hydrogens (tertiary/aromatic N) is 3. The number of piperidine rings is 1. The fourth-order valence-electron chi connectivity index (χ4n) is 5.30. The van der Waals surface area contributed by atoms with Crippen molar-refractivity contribution in [3.8, 4) is 0 Å². The van der Waals surface area contributed by atoms with Gasteiger partial charge >= 0.3 is 0 Å². The Morgan fingerprint density at radius 2 is 1.72 bits per heavy atom. The second kappa shape index (κ2) is 9.86. The number of rotatable bonds is 8. The van der Waals surface area contributed by atoms with Gasteiger partial charge in [0.15, 0.2) is 12.1 Å². The molecule has 0 N–H and O–H groups in total. The third kappa shape index (κ3) is 5.26. The molecule has 1 aromatic carbocycles. The first-order valence-corrected chi connectivity index (χ1v) is 11.5. The summed E-state index contributed by atoms with van der Waals surface area (Å²) in [5, 5.41) is 0. The number of likely N-dealkylation sites (tertiary alicyclic amines) is 1. The number of carbonyl (C=O) groups excluding carboxylic acids is 2. The standard InChI is InChI=1S/C24H35N3O2/c28-19-22(29)10-14-25-11-7-20(8-12-25)9-13-26-15-17-27(18-16-26)24-6-2-4-21-3-1-5-23(21)24/h2,4,6,19-20H,1,3,5,7-18H2. The highest BCUT2D eigenvalue weighted by Gasteiger charge is 2.24. The predicted octanol–water partition coefficient (Wildman–Crippen LogP) is 2.56. The zero-order valence-corrected chi connectivity index (χ0v) is 17.7.